The summed E-state index contributed by atoms with van der Waals surface area (Å²) in [5, 5.41) is 19.3. The molecule has 3 aromatic rings. The van der Waals surface area contributed by atoms with Crippen molar-refractivity contribution in [2.75, 3.05) is 0 Å². The zero-order valence-corrected chi connectivity index (χ0v) is 10.6. The van der Waals surface area contributed by atoms with Crippen molar-refractivity contribution in [3.05, 3.63) is 60.7 Å². The Morgan fingerprint density at radius 3 is 2.40 bits per heavy atom. The number of fused-ring (bicyclic) bond motifs is 1. The van der Waals surface area contributed by atoms with Crippen LogP contribution in [0, 0.1) is 0 Å². The fourth-order valence-electron chi connectivity index (χ4n) is 1.94. The van der Waals surface area contributed by atoms with E-state index in [2.05, 4.69) is 4.98 Å². The van der Waals surface area contributed by atoms with Gasteiger partial charge in [-0.1, -0.05) is 30.3 Å². The molecule has 0 aliphatic rings. The van der Waals surface area contributed by atoms with Crippen molar-refractivity contribution in [2.24, 2.45) is 0 Å². The fourth-order valence-corrected chi connectivity index (χ4v) is 1.94. The fraction of sp³-hybridized carbons (Fsp3) is 0. The SMILES string of the molecule is OB(O)c1ccc2ccc(Oc3ccccc3)nc2c1. The molecule has 0 fully saturated rings. The summed E-state index contributed by atoms with van der Waals surface area (Å²) in [6.45, 7) is 0. The van der Waals surface area contributed by atoms with Gasteiger partial charge in [-0.05, 0) is 29.7 Å². The average Bonchev–Trinajstić information content (AvgIpc) is 2.47. The second kappa shape index (κ2) is 5.32. The van der Waals surface area contributed by atoms with E-state index in [1.165, 1.54) is 0 Å². The van der Waals surface area contributed by atoms with Crippen molar-refractivity contribution in [3.8, 4) is 11.6 Å². The van der Waals surface area contributed by atoms with Crippen LogP contribution in [0.5, 0.6) is 11.6 Å². The number of hydrogen-bond acceptors (Lipinski definition) is 4. The molecule has 0 bridgehead atoms. The molecule has 3 rings (SSSR count). The van der Waals surface area contributed by atoms with E-state index in [0.29, 0.717) is 22.6 Å². The third kappa shape index (κ3) is 2.64. The first kappa shape index (κ1) is 12.7. The van der Waals surface area contributed by atoms with Gasteiger partial charge in [0.25, 0.3) is 0 Å². The third-order valence-corrected chi connectivity index (χ3v) is 2.95. The van der Waals surface area contributed by atoms with Gasteiger partial charge in [0.05, 0.1) is 5.52 Å². The van der Waals surface area contributed by atoms with Gasteiger partial charge in [0, 0.05) is 11.5 Å². The molecule has 0 radical (unpaired) electrons. The van der Waals surface area contributed by atoms with Gasteiger partial charge in [0.15, 0.2) is 0 Å². The van der Waals surface area contributed by atoms with Crippen molar-refractivity contribution < 1.29 is 14.8 Å². The highest BCUT2D eigenvalue weighted by molar-refractivity contribution is 6.58. The maximum atomic E-state index is 9.18. The van der Waals surface area contributed by atoms with Crippen molar-refractivity contribution >= 4 is 23.5 Å². The average molecular weight is 265 g/mol. The summed E-state index contributed by atoms with van der Waals surface area (Å²) in [4.78, 5) is 4.37. The van der Waals surface area contributed by atoms with E-state index in [-0.39, 0.29) is 0 Å². The Morgan fingerprint density at radius 2 is 1.65 bits per heavy atom. The van der Waals surface area contributed by atoms with E-state index in [1.807, 2.05) is 36.4 Å². The van der Waals surface area contributed by atoms with E-state index in [1.54, 1.807) is 24.3 Å². The number of benzene rings is 2. The van der Waals surface area contributed by atoms with Crippen molar-refractivity contribution in [2.45, 2.75) is 0 Å². The molecule has 98 valence electrons. The van der Waals surface area contributed by atoms with Crippen LogP contribution in [0.15, 0.2) is 60.7 Å². The Morgan fingerprint density at radius 1 is 0.900 bits per heavy atom. The molecule has 4 nitrogen and oxygen atoms in total. The summed E-state index contributed by atoms with van der Waals surface area (Å²) >= 11 is 0. The van der Waals surface area contributed by atoms with Crippen LogP contribution in [0.1, 0.15) is 0 Å². The minimum atomic E-state index is -1.50. The van der Waals surface area contributed by atoms with Gasteiger partial charge in [-0.15, -0.1) is 0 Å². The third-order valence-electron chi connectivity index (χ3n) is 2.95. The lowest BCUT2D eigenvalue weighted by molar-refractivity contribution is 0.426. The van der Waals surface area contributed by atoms with E-state index in [0.717, 1.165) is 5.39 Å². The number of aromatic nitrogens is 1. The normalized spacial score (nSPS) is 10.5. The molecule has 2 N–H and O–H groups in total. The van der Waals surface area contributed by atoms with Gasteiger partial charge in [0.2, 0.25) is 5.88 Å². The van der Waals surface area contributed by atoms with E-state index in [9.17, 15) is 10.0 Å². The van der Waals surface area contributed by atoms with Gasteiger partial charge in [0.1, 0.15) is 5.75 Å². The van der Waals surface area contributed by atoms with Gasteiger partial charge in [-0.25, -0.2) is 4.98 Å². The van der Waals surface area contributed by atoms with Gasteiger partial charge in [-0.2, -0.15) is 0 Å². The number of pyridine rings is 1. The Hall–Kier alpha value is -2.37. The van der Waals surface area contributed by atoms with E-state index in [4.69, 9.17) is 4.74 Å². The highest BCUT2D eigenvalue weighted by Gasteiger charge is 2.11. The summed E-state index contributed by atoms with van der Waals surface area (Å²) in [6, 6.07) is 18.1. The first-order valence-electron chi connectivity index (χ1n) is 6.22. The molecule has 20 heavy (non-hydrogen) atoms. The second-order valence-corrected chi connectivity index (χ2v) is 4.39. The number of para-hydroxylation sites is 1. The summed E-state index contributed by atoms with van der Waals surface area (Å²) in [7, 11) is -1.50. The van der Waals surface area contributed by atoms with Gasteiger partial charge < -0.3 is 14.8 Å². The highest BCUT2D eigenvalue weighted by Crippen LogP contribution is 2.21. The number of nitrogens with zero attached hydrogens (tertiary/aromatic N) is 1. The molecule has 0 saturated carbocycles. The molecule has 0 atom stereocenters. The summed E-state index contributed by atoms with van der Waals surface area (Å²) < 4.78 is 5.65. The standard InChI is InChI=1S/C15H12BNO3/c18-16(19)12-8-6-11-7-9-15(17-14(11)10-12)20-13-4-2-1-3-5-13/h1-10,18-19H. The molecule has 2 aromatic carbocycles. The number of ether oxygens (including phenoxy) is 1. The minimum Gasteiger partial charge on any atom is -0.439 e. The zero-order chi connectivity index (χ0) is 13.9. The molecule has 0 aliphatic heterocycles. The molecule has 0 unspecified atom stereocenters. The molecular weight excluding hydrogens is 253 g/mol. The van der Waals surface area contributed by atoms with Crippen molar-refractivity contribution in [1.82, 2.24) is 4.98 Å². The Kier molecular flexibility index (Phi) is 3.37. The van der Waals surface area contributed by atoms with Crippen LogP contribution in [-0.4, -0.2) is 22.2 Å². The molecule has 0 aliphatic carbocycles. The largest absolute Gasteiger partial charge is 0.488 e. The molecule has 1 heterocycles. The highest BCUT2D eigenvalue weighted by atomic mass is 16.5. The van der Waals surface area contributed by atoms with Gasteiger partial charge >= 0.3 is 7.12 Å². The van der Waals surface area contributed by atoms with Crippen LogP contribution in [0.2, 0.25) is 0 Å². The molecule has 0 amide bonds. The lowest BCUT2D eigenvalue weighted by atomic mass is 9.80. The first-order chi connectivity index (χ1) is 9.72. The number of hydrogen-bond donors (Lipinski definition) is 2. The van der Waals surface area contributed by atoms with Crippen LogP contribution in [0.3, 0.4) is 0 Å². The van der Waals surface area contributed by atoms with E-state index < -0.39 is 7.12 Å². The van der Waals surface area contributed by atoms with Crippen LogP contribution in [0.4, 0.5) is 0 Å². The molecular formula is C15H12BNO3. The summed E-state index contributed by atoms with van der Waals surface area (Å²) in [5.74, 6) is 1.17. The number of rotatable bonds is 3. The predicted molar refractivity (Wildman–Crippen MR) is 78.1 cm³/mol. The Bertz CT molecular complexity index is 732. The topological polar surface area (TPSA) is 62.6 Å². The minimum absolute atomic E-state index is 0.405. The predicted octanol–water partition coefficient (Wildman–Crippen LogP) is 1.71. The summed E-state index contributed by atoms with van der Waals surface area (Å²) in [5.41, 5.74) is 1.06. The van der Waals surface area contributed by atoms with Crippen molar-refractivity contribution in [1.29, 1.82) is 0 Å². The maximum Gasteiger partial charge on any atom is 0.488 e. The Labute approximate surface area is 116 Å². The van der Waals surface area contributed by atoms with Gasteiger partial charge in [-0.3, -0.25) is 0 Å². The summed E-state index contributed by atoms with van der Waals surface area (Å²) in [6.07, 6.45) is 0. The first-order valence-corrected chi connectivity index (χ1v) is 6.22. The van der Waals surface area contributed by atoms with Crippen molar-refractivity contribution in [3.63, 3.8) is 0 Å². The zero-order valence-electron chi connectivity index (χ0n) is 10.6. The van der Waals surface area contributed by atoms with Crippen LogP contribution < -0.4 is 10.2 Å². The Balaban J connectivity index is 1.96. The second-order valence-electron chi connectivity index (χ2n) is 4.39. The lowest BCUT2D eigenvalue weighted by Crippen LogP contribution is -2.29. The lowest BCUT2D eigenvalue weighted by Gasteiger charge is -2.06. The molecule has 5 heteroatoms. The molecule has 0 saturated heterocycles. The quantitative estimate of drug-likeness (QED) is 0.707. The van der Waals surface area contributed by atoms with Crippen LogP contribution in [0.25, 0.3) is 10.9 Å². The monoisotopic (exact) mass is 265 g/mol. The van der Waals surface area contributed by atoms with Crippen LogP contribution >= 0.6 is 0 Å². The molecule has 0 spiro atoms. The van der Waals surface area contributed by atoms with E-state index >= 15 is 0 Å². The van der Waals surface area contributed by atoms with Crippen LogP contribution in [-0.2, 0) is 0 Å². The molecule has 1 aromatic heterocycles. The maximum absolute atomic E-state index is 9.18. The smallest absolute Gasteiger partial charge is 0.439 e.